The molecule has 5 heterocycles. The Morgan fingerprint density at radius 2 is 1.11 bits per heavy atom. The normalized spacial score (nSPS) is 15.6. The molecule has 0 radical (unpaired) electrons. The van der Waals surface area contributed by atoms with Gasteiger partial charge in [0.25, 0.3) is 0 Å². The fourth-order valence-electron chi connectivity index (χ4n) is 8.57. The van der Waals surface area contributed by atoms with Gasteiger partial charge in [-0.05, 0) is 140 Å². The number of nitrogens with one attached hydrogen (secondary N) is 1. The number of likely N-dealkylation sites (tertiary alicyclic amines) is 2. The van der Waals surface area contributed by atoms with Gasteiger partial charge in [0.2, 0.25) is 5.91 Å². The summed E-state index contributed by atoms with van der Waals surface area (Å²) < 4.78 is 86.7. The van der Waals surface area contributed by atoms with Crippen LogP contribution in [0.25, 0.3) is 33.5 Å². The highest BCUT2D eigenvalue weighted by molar-refractivity contribution is 8.00. The lowest BCUT2D eigenvalue weighted by molar-refractivity contribution is -0.132. The number of carbonyl (C=O) groups is 2. The molecule has 74 heavy (non-hydrogen) atoms. The van der Waals surface area contributed by atoms with Gasteiger partial charge in [0, 0.05) is 58.9 Å². The number of alkyl halides is 6. The summed E-state index contributed by atoms with van der Waals surface area (Å²) in [5.74, 6) is 0.0764. The minimum Gasteiger partial charge on any atom is -0.444 e. The zero-order valence-electron chi connectivity index (χ0n) is 42.3. The lowest BCUT2D eigenvalue weighted by atomic mass is 9.86. The molecule has 0 saturated carbocycles. The highest BCUT2D eigenvalue weighted by Gasteiger charge is 2.34. The van der Waals surface area contributed by atoms with Gasteiger partial charge in [-0.2, -0.15) is 26.3 Å². The van der Waals surface area contributed by atoms with Crippen LogP contribution in [0, 0.1) is 0 Å². The Morgan fingerprint density at radius 1 is 0.676 bits per heavy atom. The van der Waals surface area contributed by atoms with E-state index in [-0.39, 0.29) is 80.2 Å². The van der Waals surface area contributed by atoms with Crippen molar-refractivity contribution in [1.29, 1.82) is 0 Å². The van der Waals surface area contributed by atoms with E-state index in [4.69, 9.17) is 37.9 Å². The van der Waals surface area contributed by atoms with Gasteiger partial charge in [0.05, 0.1) is 21.0 Å². The second-order valence-corrected chi connectivity index (χ2v) is 26.9. The summed E-state index contributed by atoms with van der Waals surface area (Å²) in [6, 6.07) is 17.1. The molecule has 2 aliphatic heterocycles. The van der Waals surface area contributed by atoms with E-state index < -0.39 is 16.6 Å². The first-order valence-corrected chi connectivity index (χ1v) is 27.9. The van der Waals surface area contributed by atoms with Crippen LogP contribution in [0.3, 0.4) is 0 Å². The van der Waals surface area contributed by atoms with Crippen LogP contribution in [0.5, 0.6) is 0 Å². The molecule has 2 aliphatic rings. The van der Waals surface area contributed by atoms with Crippen LogP contribution in [-0.4, -0.2) is 84.1 Å². The maximum Gasteiger partial charge on any atom is 0.446 e. The fourth-order valence-corrected chi connectivity index (χ4v) is 12.6. The number of aromatic nitrogens is 4. The summed E-state index contributed by atoms with van der Waals surface area (Å²) in [6.07, 6.45) is 2.47. The number of amides is 2. The maximum absolute atomic E-state index is 13.2. The highest BCUT2D eigenvalue weighted by atomic mass is 35.5. The summed E-state index contributed by atoms with van der Waals surface area (Å²) >= 11 is 15.6. The summed E-state index contributed by atoms with van der Waals surface area (Å²) in [5, 5.41) is 1.65. The molecule has 10 nitrogen and oxygen atoms in total. The highest BCUT2D eigenvalue weighted by Crippen LogP contribution is 2.46. The minimum absolute atomic E-state index is 0.0386. The molecule has 6 aromatic rings. The molecule has 2 fully saturated rings. The van der Waals surface area contributed by atoms with Crippen LogP contribution in [0.2, 0.25) is 8.67 Å². The van der Waals surface area contributed by atoms with Gasteiger partial charge in [-0.1, -0.05) is 76.9 Å². The van der Waals surface area contributed by atoms with Crippen LogP contribution in [0.4, 0.5) is 31.1 Å². The fraction of sp³-hybridized carbons (Fsp3) is 0.481. The number of thioether (sulfide) groups is 2. The van der Waals surface area contributed by atoms with E-state index in [2.05, 4.69) is 4.98 Å². The number of H-pyrrole nitrogens is 1. The number of piperidine rings is 2. The lowest BCUT2D eigenvalue weighted by Gasteiger charge is -2.32. The van der Waals surface area contributed by atoms with Gasteiger partial charge < -0.3 is 19.5 Å². The van der Waals surface area contributed by atoms with E-state index in [1.807, 2.05) is 86.6 Å². The number of fused-ring (bicyclic) bond motifs is 1. The first kappa shape index (κ1) is 57.5. The molecule has 0 spiro atoms. The van der Waals surface area contributed by atoms with E-state index in [1.54, 1.807) is 34.1 Å². The van der Waals surface area contributed by atoms with Crippen molar-refractivity contribution < 1.29 is 40.7 Å². The molecule has 0 atom stereocenters. The maximum atomic E-state index is 13.2. The third-order valence-electron chi connectivity index (χ3n) is 12.4. The van der Waals surface area contributed by atoms with Crippen molar-refractivity contribution in [3.63, 3.8) is 0 Å². The van der Waals surface area contributed by atoms with E-state index >= 15 is 0 Å². The molecule has 400 valence electrons. The Labute approximate surface area is 453 Å². The average Bonchev–Trinajstić information content (AvgIpc) is 3.97. The van der Waals surface area contributed by atoms with Crippen molar-refractivity contribution in [1.82, 2.24) is 29.3 Å². The Hall–Kier alpha value is -4.21. The number of benzene rings is 3. The Balaban J connectivity index is 0.000000219. The minimum atomic E-state index is -4.40. The molecule has 0 aliphatic carbocycles. The van der Waals surface area contributed by atoms with Gasteiger partial charge >= 0.3 is 22.8 Å². The molecule has 3 aromatic carbocycles. The molecule has 2 amide bonds. The number of para-hydroxylation sites is 2. The Bertz CT molecular complexity index is 3040. The van der Waals surface area contributed by atoms with Crippen molar-refractivity contribution >= 4 is 92.4 Å². The summed E-state index contributed by atoms with van der Waals surface area (Å²) in [6.45, 7) is 19.3. The number of hydrogen-bond donors (Lipinski definition) is 1. The number of imidazole rings is 1. The Morgan fingerprint density at radius 3 is 1.53 bits per heavy atom. The van der Waals surface area contributed by atoms with Crippen LogP contribution in [0.15, 0.2) is 75.2 Å². The van der Waals surface area contributed by atoms with Crippen LogP contribution in [0.1, 0.15) is 121 Å². The lowest BCUT2D eigenvalue weighted by Crippen LogP contribution is -2.41. The number of rotatable bonds is 8. The first-order chi connectivity index (χ1) is 34.3. The SMILES string of the molecule is CC(C)(C)OC(=O)N1CCC(c2nc(-c3cc(SC(F)(F)F)cc(C(C)(C)C)c3)c(Cl)s2)CC1.CC(C)(C)c1cc(SC(F)(F)F)cc(-c2nc(C3CCN(C(=O)Cn4c(=O)[nH]c5ccccc54)CC3)sc2Cl)c1. The summed E-state index contributed by atoms with van der Waals surface area (Å²) in [4.78, 5) is 53.7. The largest absolute Gasteiger partial charge is 0.446 e. The molecular formula is C52H58Cl2F6N6O4S4. The quantitative estimate of drug-likeness (QED) is 0.118. The zero-order chi connectivity index (χ0) is 54.3. The summed E-state index contributed by atoms with van der Waals surface area (Å²) in [5.41, 5.74) is -5.29. The molecular weight excluding hydrogens is 1090 g/mol. The van der Waals surface area contributed by atoms with Crippen molar-refractivity contribution in [3.8, 4) is 22.5 Å². The van der Waals surface area contributed by atoms with Crippen LogP contribution in [-0.2, 0) is 26.9 Å². The monoisotopic (exact) mass is 1140 g/mol. The molecule has 0 bridgehead atoms. The van der Waals surface area contributed by atoms with Crippen molar-refractivity contribution in [2.45, 2.75) is 144 Å². The zero-order valence-corrected chi connectivity index (χ0v) is 47.1. The van der Waals surface area contributed by atoms with E-state index in [0.717, 1.165) is 34.0 Å². The Kier molecular flexibility index (Phi) is 17.4. The van der Waals surface area contributed by atoms with Gasteiger partial charge in [0.1, 0.15) is 32.2 Å². The number of aromatic amines is 1. The first-order valence-electron chi connectivity index (χ1n) is 23.9. The standard InChI is InChI=1S/C28H28ClF3N4O2S2.C24H30ClF3N2O2S2/c1-27(2,3)18-12-17(13-19(14-18)40-28(30,31)32)23-24(29)39-25(34-23)16-8-10-35(11-9-16)22(37)15-36-21-7-5-4-6-20(21)33-26(36)38;1-22(2,3)16-11-15(12-17(13-16)34-24(26,27)28)18-19(25)33-20(29-18)14-7-9-30(10-8-14)21(31)32-23(4,5)6/h4-7,12-14,16H,8-11,15H2,1-3H3,(H,33,38);11-14H,7-10H2,1-6H3. The molecule has 0 unspecified atom stereocenters. The van der Waals surface area contributed by atoms with E-state index in [0.29, 0.717) is 81.2 Å². The smallest absolute Gasteiger partial charge is 0.444 e. The molecule has 22 heteroatoms. The topological polar surface area (TPSA) is 113 Å². The van der Waals surface area contributed by atoms with E-state index in [9.17, 15) is 40.7 Å². The second-order valence-electron chi connectivity index (χ2n) is 21.4. The van der Waals surface area contributed by atoms with Crippen molar-refractivity contribution in [3.05, 3.63) is 101 Å². The van der Waals surface area contributed by atoms with E-state index in [1.165, 1.54) is 39.4 Å². The third-order valence-corrected chi connectivity index (χ3v) is 16.7. The predicted molar refractivity (Wildman–Crippen MR) is 287 cm³/mol. The number of thiazole rings is 2. The van der Waals surface area contributed by atoms with Gasteiger partial charge in [-0.15, -0.1) is 22.7 Å². The van der Waals surface area contributed by atoms with Crippen molar-refractivity contribution in [2.75, 3.05) is 26.2 Å². The van der Waals surface area contributed by atoms with Gasteiger partial charge in [0.15, 0.2) is 0 Å². The third kappa shape index (κ3) is 15.0. The summed E-state index contributed by atoms with van der Waals surface area (Å²) in [7, 11) is 0. The molecule has 8 rings (SSSR count). The molecule has 3 aromatic heterocycles. The number of halogens is 8. The number of nitrogens with zero attached hydrogens (tertiary/aromatic N) is 5. The number of carbonyl (C=O) groups excluding carboxylic acids is 2. The van der Waals surface area contributed by atoms with Crippen molar-refractivity contribution in [2.24, 2.45) is 0 Å². The van der Waals surface area contributed by atoms with Gasteiger partial charge in [-0.25, -0.2) is 19.6 Å². The van der Waals surface area contributed by atoms with Crippen LogP contribution >= 0.6 is 69.4 Å². The predicted octanol–water partition coefficient (Wildman–Crippen LogP) is 15.9. The molecule has 2 saturated heterocycles. The van der Waals surface area contributed by atoms with Crippen LogP contribution < -0.4 is 5.69 Å². The number of ether oxygens (including phenoxy) is 1. The average molecular weight is 1140 g/mol. The second kappa shape index (κ2) is 22.4. The van der Waals surface area contributed by atoms with Gasteiger partial charge in [-0.3, -0.25) is 9.36 Å². The number of hydrogen-bond acceptors (Lipinski definition) is 10. The molecule has 1 N–H and O–H groups in total.